The van der Waals surface area contributed by atoms with E-state index in [0.717, 1.165) is 12.1 Å². The summed E-state index contributed by atoms with van der Waals surface area (Å²) in [4.78, 5) is 0. The highest BCUT2D eigenvalue weighted by Gasteiger charge is 2.19. The van der Waals surface area contributed by atoms with Crippen molar-refractivity contribution in [3.05, 3.63) is 29.8 Å². The molecule has 2 rings (SSSR count). The molecule has 0 atom stereocenters. The summed E-state index contributed by atoms with van der Waals surface area (Å²) in [6, 6.07) is 8.04. The minimum atomic E-state index is -3.42. The Kier molecular flexibility index (Phi) is 3.66. The predicted molar refractivity (Wildman–Crippen MR) is 67.9 cm³/mol. The van der Waals surface area contributed by atoms with Crippen molar-refractivity contribution in [3.63, 3.8) is 0 Å². The third-order valence-electron chi connectivity index (χ3n) is 2.65. The normalized spacial score (nSPS) is 15.8. The SMILES string of the molecule is CNS(=O)(=O)Nc1ccc(CNC2CC2)cc1. The molecule has 0 heterocycles. The van der Waals surface area contributed by atoms with E-state index in [-0.39, 0.29) is 0 Å². The Labute approximate surface area is 102 Å². The molecule has 17 heavy (non-hydrogen) atoms. The second-order valence-corrected chi connectivity index (χ2v) is 5.78. The van der Waals surface area contributed by atoms with Crippen LogP contribution in [0, 0.1) is 0 Å². The fraction of sp³-hybridized carbons (Fsp3) is 0.455. The Morgan fingerprint density at radius 1 is 1.24 bits per heavy atom. The van der Waals surface area contributed by atoms with Crippen LogP contribution in [0.4, 0.5) is 5.69 Å². The molecule has 1 saturated carbocycles. The first-order valence-electron chi connectivity index (χ1n) is 5.63. The highest BCUT2D eigenvalue weighted by Crippen LogP contribution is 2.19. The average Bonchev–Trinajstić information content (AvgIpc) is 3.12. The van der Waals surface area contributed by atoms with Crippen LogP contribution in [0.15, 0.2) is 24.3 Å². The quantitative estimate of drug-likeness (QED) is 0.704. The summed E-state index contributed by atoms with van der Waals surface area (Å²) in [7, 11) is -2.05. The number of rotatable bonds is 6. The summed E-state index contributed by atoms with van der Waals surface area (Å²) < 4.78 is 27.1. The van der Waals surface area contributed by atoms with Gasteiger partial charge in [0.05, 0.1) is 0 Å². The van der Waals surface area contributed by atoms with Crippen molar-refractivity contribution in [2.45, 2.75) is 25.4 Å². The van der Waals surface area contributed by atoms with Crippen LogP contribution in [-0.4, -0.2) is 21.5 Å². The monoisotopic (exact) mass is 255 g/mol. The third-order valence-corrected chi connectivity index (χ3v) is 3.69. The third kappa shape index (κ3) is 3.99. The van der Waals surface area contributed by atoms with Crippen LogP contribution in [0.1, 0.15) is 18.4 Å². The van der Waals surface area contributed by atoms with Crippen molar-refractivity contribution in [3.8, 4) is 0 Å². The highest BCUT2D eigenvalue weighted by atomic mass is 32.2. The lowest BCUT2D eigenvalue weighted by molar-refractivity contribution is 0.593. The Hall–Kier alpha value is -1.11. The van der Waals surface area contributed by atoms with Gasteiger partial charge >= 0.3 is 0 Å². The van der Waals surface area contributed by atoms with Crippen molar-refractivity contribution >= 4 is 15.9 Å². The molecule has 1 aromatic rings. The van der Waals surface area contributed by atoms with Gasteiger partial charge in [0.25, 0.3) is 10.2 Å². The number of hydrogen-bond donors (Lipinski definition) is 3. The van der Waals surface area contributed by atoms with E-state index in [0.29, 0.717) is 11.7 Å². The van der Waals surface area contributed by atoms with Crippen LogP contribution < -0.4 is 14.8 Å². The minimum Gasteiger partial charge on any atom is -0.310 e. The predicted octanol–water partition coefficient (Wildman–Crippen LogP) is 0.815. The summed E-state index contributed by atoms with van der Waals surface area (Å²) >= 11 is 0. The molecule has 5 nitrogen and oxygen atoms in total. The standard InChI is InChI=1S/C11H17N3O2S/c1-12-17(15,16)14-11-4-2-9(3-5-11)8-13-10-6-7-10/h2-5,10,12-14H,6-8H2,1H3. The van der Waals surface area contributed by atoms with Gasteiger partial charge < -0.3 is 5.32 Å². The van der Waals surface area contributed by atoms with Crippen LogP contribution >= 0.6 is 0 Å². The fourth-order valence-corrected chi connectivity index (χ4v) is 1.99. The zero-order chi connectivity index (χ0) is 12.3. The van der Waals surface area contributed by atoms with E-state index in [9.17, 15) is 8.42 Å². The summed E-state index contributed by atoms with van der Waals surface area (Å²) in [6.45, 7) is 0.837. The second-order valence-electron chi connectivity index (χ2n) is 4.16. The molecule has 1 aromatic carbocycles. The Morgan fingerprint density at radius 2 is 1.88 bits per heavy atom. The van der Waals surface area contributed by atoms with Gasteiger partial charge in [-0.2, -0.15) is 8.42 Å². The Morgan fingerprint density at radius 3 is 2.41 bits per heavy atom. The Balaban J connectivity index is 1.92. The summed E-state index contributed by atoms with van der Waals surface area (Å²) in [5.74, 6) is 0. The van der Waals surface area contributed by atoms with Gasteiger partial charge in [0, 0.05) is 25.3 Å². The smallest absolute Gasteiger partial charge is 0.298 e. The van der Waals surface area contributed by atoms with Crippen LogP contribution in [0.2, 0.25) is 0 Å². The molecule has 6 heteroatoms. The molecule has 1 aliphatic carbocycles. The van der Waals surface area contributed by atoms with E-state index in [4.69, 9.17) is 0 Å². The Bertz CT molecular complexity index is 466. The van der Waals surface area contributed by atoms with Gasteiger partial charge in [0.2, 0.25) is 0 Å². The fourth-order valence-electron chi connectivity index (χ4n) is 1.45. The van der Waals surface area contributed by atoms with Gasteiger partial charge in [-0.1, -0.05) is 12.1 Å². The molecular weight excluding hydrogens is 238 g/mol. The highest BCUT2D eigenvalue weighted by molar-refractivity contribution is 7.90. The molecule has 0 aliphatic heterocycles. The van der Waals surface area contributed by atoms with E-state index in [2.05, 4.69) is 14.8 Å². The van der Waals surface area contributed by atoms with Crippen LogP contribution in [-0.2, 0) is 16.8 Å². The molecule has 94 valence electrons. The maximum Gasteiger partial charge on any atom is 0.298 e. The number of nitrogens with one attached hydrogen (secondary N) is 3. The van der Waals surface area contributed by atoms with Gasteiger partial charge in [-0.05, 0) is 30.5 Å². The van der Waals surface area contributed by atoms with Gasteiger partial charge in [0.15, 0.2) is 0 Å². The lowest BCUT2D eigenvalue weighted by Gasteiger charge is -2.07. The minimum absolute atomic E-state index is 0.564. The van der Waals surface area contributed by atoms with Crippen LogP contribution in [0.25, 0.3) is 0 Å². The molecule has 0 unspecified atom stereocenters. The molecule has 0 radical (unpaired) electrons. The lowest BCUT2D eigenvalue weighted by atomic mass is 10.2. The molecule has 0 amide bonds. The van der Waals surface area contributed by atoms with Gasteiger partial charge in [-0.3, -0.25) is 4.72 Å². The van der Waals surface area contributed by atoms with Gasteiger partial charge in [-0.15, -0.1) is 0 Å². The summed E-state index contributed by atoms with van der Waals surface area (Å²) in [6.07, 6.45) is 2.53. The first-order chi connectivity index (χ1) is 8.09. The molecular formula is C11H17N3O2S. The van der Waals surface area contributed by atoms with Crippen molar-refractivity contribution in [2.75, 3.05) is 11.8 Å². The largest absolute Gasteiger partial charge is 0.310 e. The summed E-state index contributed by atoms with van der Waals surface area (Å²) in [5.41, 5.74) is 1.72. The van der Waals surface area contributed by atoms with Crippen molar-refractivity contribution < 1.29 is 8.42 Å². The zero-order valence-electron chi connectivity index (χ0n) is 9.73. The number of benzene rings is 1. The average molecular weight is 255 g/mol. The van der Waals surface area contributed by atoms with Crippen LogP contribution in [0.5, 0.6) is 0 Å². The number of hydrogen-bond acceptors (Lipinski definition) is 3. The van der Waals surface area contributed by atoms with Gasteiger partial charge in [-0.25, -0.2) is 4.72 Å². The molecule has 0 bridgehead atoms. The topological polar surface area (TPSA) is 70.2 Å². The molecule has 1 aliphatic rings. The van der Waals surface area contributed by atoms with Crippen LogP contribution in [0.3, 0.4) is 0 Å². The number of anilines is 1. The maximum atomic E-state index is 11.2. The first kappa shape index (κ1) is 12.3. The van der Waals surface area contributed by atoms with Gasteiger partial charge in [0.1, 0.15) is 0 Å². The van der Waals surface area contributed by atoms with Crippen molar-refractivity contribution in [2.24, 2.45) is 0 Å². The van der Waals surface area contributed by atoms with E-state index >= 15 is 0 Å². The molecule has 0 saturated heterocycles. The van der Waals surface area contributed by atoms with Crippen molar-refractivity contribution in [1.29, 1.82) is 0 Å². The molecule has 1 fully saturated rings. The zero-order valence-corrected chi connectivity index (χ0v) is 10.5. The van der Waals surface area contributed by atoms with E-state index < -0.39 is 10.2 Å². The maximum absolute atomic E-state index is 11.2. The first-order valence-corrected chi connectivity index (χ1v) is 7.11. The second kappa shape index (κ2) is 5.03. The lowest BCUT2D eigenvalue weighted by Crippen LogP contribution is -2.26. The van der Waals surface area contributed by atoms with Crippen molar-refractivity contribution in [1.82, 2.24) is 10.0 Å². The molecule has 0 spiro atoms. The molecule has 3 N–H and O–H groups in total. The van der Waals surface area contributed by atoms with E-state index in [1.165, 1.54) is 19.9 Å². The molecule has 0 aromatic heterocycles. The van der Waals surface area contributed by atoms with E-state index in [1.807, 2.05) is 12.1 Å². The summed E-state index contributed by atoms with van der Waals surface area (Å²) in [5, 5.41) is 3.40. The van der Waals surface area contributed by atoms with E-state index in [1.54, 1.807) is 12.1 Å².